The van der Waals surface area contributed by atoms with Crippen LogP contribution in [0.4, 0.5) is 11.4 Å². The Morgan fingerprint density at radius 1 is 1.38 bits per heavy atom. The number of nitrogens with one attached hydrogen (secondary N) is 1. The number of benzene rings is 1. The molecular weight excluding hydrogens is 358 g/mol. The van der Waals surface area contributed by atoms with Gasteiger partial charge in [0.05, 0.1) is 4.92 Å². The highest BCUT2D eigenvalue weighted by Crippen LogP contribution is 2.27. The molecule has 0 spiro atoms. The van der Waals surface area contributed by atoms with E-state index in [1.165, 1.54) is 12.1 Å². The molecule has 128 valence electrons. The zero-order valence-electron chi connectivity index (χ0n) is 12.6. The largest absolute Gasteiger partial charge is 0.475 e. The van der Waals surface area contributed by atoms with Gasteiger partial charge >= 0.3 is 0 Å². The zero-order chi connectivity index (χ0) is 17.7. The molecule has 2 aromatic rings. The lowest BCUT2D eigenvalue weighted by Crippen LogP contribution is -2.13. The fourth-order valence-corrected chi connectivity index (χ4v) is 2.93. The third-order valence-corrected chi connectivity index (χ3v) is 4.36. The fraction of sp³-hybridized carbons (Fsp3) is 0.214. The predicted octanol–water partition coefficient (Wildman–Crippen LogP) is 2.54. The second-order valence-corrected chi connectivity index (χ2v) is 7.17. The van der Waals surface area contributed by atoms with Gasteiger partial charge in [0.15, 0.2) is 9.84 Å². The highest BCUT2D eigenvalue weighted by molar-refractivity contribution is 7.90. The van der Waals surface area contributed by atoms with Crippen molar-refractivity contribution in [3.63, 3.8) is 0 Å². The van der Waals surface area contributed by atoms with E-state index in [-0.39, 0.29) is 11.5 Å². The Hall–Kier alpha value is -2.39. The minimum absolute atomic E-state index is 0.224. The summed E-state index contributed by atoms with van der Waals surface area (Å²) in [7, 11) is -3.72. The molecule has 0 radical (unpaired) electrons. The van der Waals surface area contributed by atoms with E-state index in [4.69, 9.17) is 16.3 Å². The minimum atomic E-state index is -3.72. The predicted molar refractivity (Wildman–Crippen MR) is 89.4 cm³/mol. The van der Waals surface area contributed by atoms with Gasteiger partial charge in [-0.2, -0.15) is 0 Å². The number of hydrogen-bond acceptors (Lipinski definition) is 7. The van der Waals surface area contributed by atoms with E-state index < -0.39 is 20.4 Å². The molecule has 0 aliphatic carbocycles. The molecule has 24 heavy (non-hydrogen) atoms. The molecule has 0 saturated heterocycles. The quantitative estimate of drug-likeness (QED) is 0.452. The first-order valence-electron chi connectivity index (χ1n) is 6.74. The van der Waals surface area contributed by atoms with Crippen molar-refractivity contribution in [2.45, 2.75) is 4.90 Å². The Labute approximate surface area is 143 Å². The van der Waals surface area contributed by atoms with Gasteiger partial charge in [-0.05, 0) is 24.3 Å². The maximum atomic E-state index is 11.7. The van der Waals surface area contributed by atoms with Crippen LogP contribution in [-0.4, -0.2) is 37.7 Å². The Balaban J connectivity index is 2.03. The summed E-state index contributed by atoms with van der Waals surface area (Å²) in [5.41, 5.74) is -0.0312. The molecule has 0 fully saturated rings. The Morgan fingerprint density at radius 3 is 2.75 bits per heavy atom. The van der Waals surface area contributed by atoms with E-state index in [9.17, 15) is 18.5 Å². The SMILES string of the molecule is CS(=O)(=O)c1cc(NCCOc2ncccc2Cl)ccc1[N+](=O)[O-]. The first kappa shape index (κ1) is 18.0. The van der Waals surface area contributed by atoms with Gasteiger partial charge in [-0.15, -0.1) is 0 Å². The van der Waals surface area contributed by atoms with Crippen LogP contribution < -0.4 is 10.1 Å². The first-order valence-corrected chi connectivity index (χ1v) is 9.01. The van der Waals surface area contributed by atoms with Gasteiger partial charge in [-0.1, -0.05) is 11.6 Å². The second kappa shape index (κ2) is 7.45. The number of pyridine rings is 1. The average molecular weight is 372 g/mol. The van der Waals surface area contributed by atoms with Crippen LogP contribution in [0.25, 0.3) is 0 Å². The van der Waals surface area contributed by atoms with E-state index in [0.29, 0.717) is 23.1 Å². The van der Waals surface area contributed by atoms with Crippen LogP contribution in [0.2, 0.25) is 5.02 Å². The molecule has 1 N–H and O–H groups in total. The molecule has 1 aromatic heterocycles. The summed E-state index contributed by atoms with van der Waals surface area (Å²) in [6.07, 6.45) is 2.47. The molecule has 0 amide bonds. The molecule has 2 rings (SSSR count). The van der Waals surface area contributed by atoms with E-state index in [0.717, 1.165) is 12.3 Å². The van der Waals surface area contributed by atoms with Crippen molar-refractivity contribution in [1.82, 2.24) is 4.98 Å². The molecule has 0 aliphatic heterocycles. The number of ether oxygens (including phenoxy) is 1. The maximum absolute atomic E-state index is 11.7. The lowest BCUT2D eigenvalue weighted by molar-refractivity contribution is -0.387. The van der Waals surface area contributed by atoms with Crippen molar-refractivity contribution in [3.05, 3.63) is 51.7 Å². The summed E-state index contributed by atoms with van der Waals surface area (Å²) in [5, 5.41) is 14.2. The molecule has 0 atom stereocenters. The Kier molecular flexibility index (Phi) is 5.58. The number of nitrogens with zero attached hydrogens (tertiary/aromatic N) is 2. The van der Waals surface area contributed by atoms with Gasteiger partial charge < -0.3 is 10.1 Å². The van der Waals surface area contributed by atoms with Crippen molar-refractivity contribution in [3.8, 4) is 5.88 Å². The summed E-state index contributed by atoms with van der Waals surface area (Å²) in [6, 6.07) is 7.13. The molecular formula is C14H14ClN3O5S. The van der Waals surface area contributed by atoms with Gasteiger partial charge in [0.1, 0.15) is 16.5 Å². The minimum Gasteiger partial charge on any atom is -0.475 e. The van der Waals surface area contributed by atoms with Gasteiger partial charge in [0.25, 0.3) is 5.69 Å². The molecule has 1 heterocycles. The van der Waals surface area contributed by atoms with Crippen LogP contribution in [0.15, 0.2) is 41.4 Å². The maximum Gasteiger partial charge on any atom is 0.288 e. The number of anilines is 1. The van der Waals surface area contributed by atoms with Crippen molar-refractivity contribution < 1.29 is 18.1 Å². The topological polar surface area (TPSA) is 111 Å². The van der Waals surface area contributed by atoms with Crippen molar-refractivity contribution in [2.24, 2.45) is 0 Å². The number of halogens is 1. The van der Waals surface area contributed by atoms with Gasteiger partial charge in [0.2, 0.25) is 5.88 Å². The van der Waals surface area contributed by atoms with Crippen LogP contribution in [-0.2, 0) is 9.84 Å². The summed E-state index contributed by atoms with van der Waals surface area (Å²) >= 11 is 5.90. The zero-order valence-corrected chi connectivity index (χ0v) is 14.2. The molecule has 0 bridgehead atoms. The number of rotatable bonds is 7. The lowest BCUT2D eigenvalue weighted by atomic mass is 10.3. The highest BCUT2D eigenvalue weighted by atomic mass is 35.5. The summed E-state index contributed by atoms with van der Waals surface area (Å²) in [6.45, 7) is 0.551. The molecule has 0 unspecified atom stereocenters. The van der Waals surface area contributed by atoms with Crippen LogP contribution in [0, 0.1) is 10.1 Å². The van der Waals surface area contributed by atoms with E-state index in [2.05, 4.69) is 10.3 Å². The Morgan fingerprint density at radius 2 is 2.12 bits per heavy atom. The highest BCUT2D eigenvalue weighted by Gasteiger charge is 2.22. The van der Waals surface area contributed by atoms with Gasteiger partial charge in [-0.25, -0.2) is 13.4 Å². The van der Waals surface area contributed by atoms with Gasteiger partial charge in [-0.3, -0.25) is 10.1 Å². The fourth-order valence-electron chi connectivity index (χ4n) is 1.89. The smallest absolute Gasteiger partial charge is 0.288 e. The summed E-state index contributed by atoms with van der Waals surface area (Å²) in [4.78, 5) is 13.8. The number of hydrogen-bond donors (Lipinski definition) is 1. The van der Waals surface area contributed by atoms with Crippen molar-refractivity contribution in [2.75, 3.05) is 24.7 Å². The molecule has 1 aromatic carbocycles. The normalized spacial score (nSPS) is 11.1. The number of nitro groups is 1. The molecule has 0 aliphatic rings. The van der Waals surface area contributed by atoms with E-state index in [1.807, 2.05) is 0 Å². The summed E-state index contributed by atoms with van der Waals surface area (Å²) < 4.78 is 28.8. The third-order valence-electron chi connectivity index (χ3n) is 2.95. The number of sulfone groups is 1. The number of aromatic nitrogens is 1. The molecule has 10 heteroatoms. The van der Waals surface area contributed by atoms with Crippen LogP contribution >= 0.6 is 11.6 Å². The van der Waals surface area contributed by atoms with Gasteiger partial charge in [0, 0.05) is 30.8 Å². The number of nitro benzene ring substituents is 1. The molecule has 0 saturated carbocycles. The third kappa shape index (κ3) is 4.56. The standard InChI is InChI=1S/C14H14ClN3O5S/c1-24(21,22)13-9-10(4-5-12(13)18(19)20)16-7-8-23-14-11(15)3-2-6-17-14/h2-6,9,16H,7-8H2,1H3. The molecule has 8 nitrogen and oxygen atoms in total. The summed E-state index contributed by atoms with van der Waals surface area (Å²) in [5.74, 6) is 0.293. The Bertz CT molecular complexity index is 857. The monoisotopic (exact) mass is 371 g/mol. The van der Waals surface area contributed by atoms with Crippen LogP contribution in [0.5, 0.6) is 5.88 Å². The first-order chi connectivity index (χ1) is 11.3. The lowest BCUT2D eigenvalue weighted by Gasteiger charge is -2.10. The van der Waals surface area contributed by atoms with Crippen LogP contribution in [0.1, 0.15) is 0 Å². The second-order valence-electron chi connectivity index (χ2n) is 4.78. The average Bonchev–Trinajstić information content (AvgIpc) is 2.52. The van der Waals surface area contributed by atoms with Crippen molar-refractivity contribution >= 4 is 32.8 Å². The van der Waals surface area contributed by atoms with Crippen molar-refractivity contribution in [1.29, 1.82) is 0 Å². The van der Waals surface area contributed by atoms with E-state index >= 15 is 0 Å². The van der Waals surface area contributed by atoms with Crippen LogP contribution in [0.3, 0.4) is 0 Å². The van der Waals surface area contributed by atoms with E-state index in [1.54, 1.807) is 18.3 Å².